The predicted molar refractivity (Wildman–Crippen MR) is 151 cm³/mol. The lowest BCUT2D eigenvalue weighted by atomic mass is 9.90. The van der Waals surface area contributed by atoms with E-state index in [-0.39, 0.29) is 30.6 Å². The molecule has 1 saturated heterocycles. The lowest BCUT2D eigenvalue weighted by Gasteiger charge is -2.33. The van der Waals surface area contributed by atoms with Gasteiger partial charge in [0.25, 0.3) is 0 Å². The molecule has 0 saturated carbocycles. The molecule has 2 aromatic heterocycles. The summed E-state index contributed by atoms with van der Waals surface area (Å²) in [6.45, 7) is 8.89. The molecule has 0 unspecified atom stereocenters. The second-order valence-corrected chi connectivity index (χ2v) is 11.5. The minimum Gasteiger partial charge on any atom is -0.465 e. The highest BCUT2D eigenvalue weighted by Crippen LogP contribution is 2.35. The largest absolute Gasteiger partial charge is 0.465 e. The molecule has 1 N–H and O–H groups in total. The summed E-state index contributed by atoms with van der Waals surface area (Å²) in [7, 11) is 0. The van der Waals surface area contributed by atoms with Crippen molar-refractivity contribution < 1.29 is 19.1 Å². The van der Waals surface area contributed by atoms with Gasteiger partial charge < -0.3 is 19.7 Å². The van der Waals surface area contributed by atoms with E-state index < -0.39 is 5.60 Å². The van der Waals surface area contributed by atoms with E-state index in [4.69, 9.17) is 14.6 Å². The lowest BCUT2D eigenvalue weighted by Crippen LogP contribution is -2.41. The van der Waals surface area contributed by atoms with E-state index >= 15 is 0 Å². The Bertz CT molecular complexity index is 1310. The summed E-state index contributed by atoms with van der Waals surface area (Å²) < 4.78 is 12.3. The Labute approximate surface area is 235 Å². The SMILES string of the molecule is CCOC(=O)Cn1cc(-c2cnc(NC3Cc4ccccc4C3)nc2)c(C2CCN(C(=O)OC(C)(C)C)CC2)n1. The third-order valence-electron chi connectivity index (χ3n) is 7.27. The molecule has 212 valence electrons. The normalized spacial score (nSPS) is 16.1. The molecule has 0 atom stereocenters. The van der Waals surface area contributed by atoms with Crippen molar-refractivity contribution in [3.63, 3.8) is 0 Å². The van der Waals surface area contributed by atoms with Gasteiger partial charge in [-0.1, -0.05) is 24.3 Å². The van der Waals surface area contributed by atoms with Crippen molar-refractivity contribution in [2.75, 3.05) is 25.0 Å². The molecule has 3 heterocycles. The van der Waals surface area contributed by atoms with Gasteiger partial charge in [0.05, 0.1) is 12.3 Å². The quantitative estimate of drug-likeness (QED) is 0.428. The molecule has 1 fully saturated rings. The van der Waals surface area contributed by atoms with Crippen molar-refractivity contribution >= 4 is 18.0 Å². The van der Waals surface area contributed by atoms with Crippen molar-refractivity contribution in [1.29, 1.82) is 0 Å². The lowest BCUT2D eigenvalue weighted by molar-refractivity contribution is -0.144. The van der Waals surface area contributed by atoms with Crippen LogP contribution in [0.15, 0.2) is 42.9 Å². The Morgan fingerprint density at radius 2 is 1.70 bits per heavy atom. The fourth-order valence-corrected chi connectivity index (χ4v) is 5.43. The molecule has 0 radical (unpaired) electrons. The molecule has 10 nitrogen and oxygen atoms in total. The van der Waals surface area contributed by atoms with Crippen LogP contribution in [0.5, 0.6) is 0 Å². The number of rotatable bonds is 7. The maximum absolute atomic E-state index is 12.6. The summed E-state index contributed by atoms with van der Waals surface area (Å²) in [5.74, 6) is 0.371. The number of hydrogen-bond donors (Lipinski definition) is 1. The molecule has 5 rings (SSSR count). The van der Waals surface area contributed by atoms with Crippen LogP contribution in [0.25, 0.3) is 11.1 Å². The number of ether oxygens (including phenoxy) is 2. The van der Waals surface area contributed by atoms with Gasteiger partial charge in [0, 0.05) is 54.8 Å². The Morgan fingerprint density at radius 1 is 1.05 bits per heavy atom. The fourth-order valence-electron chi connectivity index (χ4n) is 5.43. The summed E-state index contributed by atoms with van der Waals surface area (Å²) in [6, 6.07) is 8.77. The fraction of sp³-hybridized carbons (Fsp3) is 0.500. The number of likely N-dealkylation sites (tertiary alicyclic amines) is 1. The van der Waals surface area contributed by atoms with Crippen LogP contribution in [0, 0.1) is 0 Å². The van der Waals surface area contributed by atoms with Crippen LogP contribution in [-0.2, 0) is 33.7 Å². The third kappa shape index (κ3) is 6.60. The molecule has 10 heteroatoms. The first-order chi connectivity index (χ1) is 19.2. The average molecular weight is 547 g/mol. The van der Waals surface area contributed by atoms with Gasteiger partial charge in [0.15, 0.2) is 0 Å². The highest BCUT2D eigenvalue weighted by molar-refractivity contribution is 5.70. The van der Waals surface area contributed by atoms with Gasteiger partial charge in [0.2, 0.25) is 5.95 Å². The van der Waals surface area contributed by atoms with Crippen molar-refractivity contribution in [2.45, 2.75) is 77.5 Å². The number of fused-ring (bicyclic) bond motifs is 1. The van der Waals surface area contributed by atoms with Gasteiger partial charge in [-0.2, -0.15) is 5.10 Å². The van der Waals surface area contributed by atoms with Gasteiger partial charge in [-0.25, -0.2) is 14.8 Å². The van der Waals surface area contributed by atoms with E-state index in [9.17, 15) is 9.59 Å². The van der Waals surface area contributed by atoms with Gasteiger partial charge in [0.1, 0.15) is 12.1 Å². The number of piperidine rings is 1. The Hall–Kier alpha value is -3.95. The molecule has 1 aliphatic carbocycles. The first kappa shape index (κ1) is 27.6. The summed E-state index contributed by atoms with van der Waals surface area (Å²) in [6.07, 6.45) is 8.58. The maximum atomic E-state index is 12.6. The maximum Gasteiger partial charge on any atom is 0.410 e. The van der Waals surface area contributed by atoms with Gasteiger partial charge >= 0.3 is 12.1 Å². The Kier molecular flexibility index (Phi) is 8.04. The van der Waals surface area contributed by atoms with E-state index in [1.165, 1.54) is 11.1 Å². The van der Waals surface area contributed by atoms with Crippen molar-refractivity contribution in [3.8, 4) is 11.1 Å². The Morgan fingerprint density at radius 3 is 2.30 bits per heavy atom. The zero-order chi connectivity index (χ0) is 28.3. The molecular weight excluding hydrogens is 508 g/mol. The van der Waals surface area contributed by atoms with Crippen molar-refractivity contribution in [1.82, 2.24) is 24.6 Å². The monoisotopic (exact) mass is 546 g/mol. The molecule has 0 bridgehead atoms. The molecule has 1 amide bonds. The summed E-state index contributed by atoms with van der Waals surface area (Å²) in [5.41, 5.74) is 4.81. The zero-order valence-electron chi connectivity index (χ0n) is 23.7. The van der Waals surface area contributed by atoms with Crippen molar-refractivity contribution in [3.05, 3.63) is 59.7 Å². The van der Waals surface area contributed by atoms with E-state index in [0.29, 0.717) is 25.6 Å². The first-order valence-corrected chi connectivity index (χ1v) is 14.0. The van der Waals surface area contributed by atoms with Crippen LogP contribution in [0.4, 0.5) is 10.7 Å². The molecule has 2 aliphatic rings. The minimum atomic E-state index is -0.532. The smallest absolute Gasteiger partial charge is 0.410 e. The standard InChI is InChI=1S/C30H38N6O4/c1-5-39-26(37)19-36-18-25(27(34-36)20-10-12-35(13-11-20)29(38)40-30(2,3)4)23-16-31-28(32-17-23)33-24-14-21-8-6-7-9-22(21)15-24/h6-9,16-18,20,24H,5,10-15,19H2,1-4H3,(H,31,32,33). The molecule has 3 aromatic rings. The number of hydrogen-bond acceptors (Lipinski definition) is 8. The van der Waals surface area contributed by atoms with Crippen LogP contribution in [-0.4, -0.2) is 68.1 Å². The van der Waals surface area contributed by atoms with Crippen LogP contribution < -0.4 is 5.32 Å². The third-order valence-corrected chi connectivity index (χ3v) is 7.27. The molecule has 0 spiro atoms. The number of carbonyl (C=O) groups excluding carboxylic acids is 2. The van der Waals surface area contributed by atoms with E-state index in [1.54, 1.807) is 16.5 Å². The van der Waals surface area contributed by atoms with Crippen molar-refractivity contribution in [2.24, 2.45) is 0 Å². The Balaban J connectivity index is 1.31. The summed E-state index contributed by atoms with van der Waals surface area (Å²) in [4.78, 5) is 35.7. The van der Waals surface area contributed by atoms with E-state index in [1.807, 2.05) is 39.4 Å². The molecule has 1 aliphatic heterocycles. The van der Waals surface area contributed by atoms with Crippen LogP contribution in [0.2, 0.25) is 0 Å². The second kappa shape index (κ2) is 11.7. The van der Waals surface area contributed by atoms with Crippen LogP contribution >= 0.6 is 0 Å². The highest BCUT2D eigenvalue weighted by atomic mass is 16.6. The molecular formula is C30H38N6O4. The second-order valence-electron chi connectivity index (χ2n) is 11.5. The number of carbonyl (C=O) groups is 2. The van der Waals surface area contributed by atoms with Gasteiger partial charge in [-0.15, -0.1) is 0 Å². The first-order valence-electron chi connectivity index (χ1n) is 14.0. The molecule has 40 heavy (non-hydrogen) atoms. The molecule has 1 aromatic carbocycles. The van der Waals surface area contributed by atoms with E-state index in [0.717, 1.165) is 42.5 Å². The number of anilines is 1. The van der Waals surface area contributed by atoms with Gasteiger partial charge in [-0.3, -0.25) is 9.48 Å². The highest BCUT2D eigenvalue weighted by Gasteiger charge is 2.30. The van der Waals surface area contributed by atoms with Gasteiger partial charge in [-0.05, 0) is 64.5 Å². The number of aromatic nitrogens is 4. The number of esters is 1. The van der Waals surface area contributed by atoms with Crippen LogP contribution in [0.1, 0.15) is 63.3 Å². The number of nitrogens with zero attached hydrogens (tertiary/aromatic N) is 5. The average Bonchev–Trinajstić information content (AvgIpc) is 3.52. The number of amides is 1. The van der Waals surface area contributed by atoms with E-state index in [2.05, 4.69) is 39.6 Å². The summed E-state index contributed by atoms with van der Waals surface area (Å²) >= 11 is 0. The minimum absolute atomic E-state index is 0.0281. The van der Waals surface area contributed by atoms with Crippen LogP contribution in [0.3, 0.4) is 0 Å². The predicted octanol–water partition coefficient (Wildman–Crippen LogP) is 4.60. The zero-order valence-corrected chi connectivity index (χ0v) is 23.7. The number of nitrogens with one attached hydrogen (secondary N) is 1. The number of benzene rings is 1. The summed E-state index contributed by atoms with van der Waals surface area (Å²) in [5, 5.41) is 8.27. The topological polar surface area (TPSA) is 111 Å².